The number of carbonyl (C=O) groups is 1. The average molecular weight is 687 g/mol. The largest absolute Gasteiger partial charge is 0.483 e. The fourth-order valence-corrected chi connectivity index (χ4v) is 6.76. The molecule has 246 valence electrons. The van der Waals surface area contributed by atoms with Crippen LogP contribution in [0.3, 0.4) is 0 Å². The van der Waals surface area contributed by atoms with Crippen molar-refractivity contribution in [2.24, 2.45) is 0 Å². The lowest BCUT2D eigenvalue weighted by molar-refractivity contribution is -0.245. The summed E-state index contributed by atoms with van der Waals surface area (Å²) < 4.78 is 65.3. The Morgan fingerprint density at radius 1 is 1.00 bits per heavy atom. The number of amides is 1. The molecule has 1 amide bonds. The molecule has 0 saturated carbocycles. The van der Waals surface area contributed by atoms with Crippen molar-refractivity contribution in [2.45, 2.75) is 62.1 Å². The van der Waals surface area contributed by atoms with Crippen LogP contribution in [0.4, 0.5) is 0 Å². The van der Waals surface area contributed by atoms with Gasteiger partial charge in [0.1, 0.15) is 42.7 Å². The first-order chi connectivity index (χ1) is 19.7. The second kappa shape index (κ2) is 13.7. The van der Waals surface area contributed by atoms with Gasteiger partial charge in [0.15, 0.2) is 12.5 Å². The summed E-state index contributed by atoms with van der Waals surface area (Å²) >= 11 is 0. The monoisotopic (exact) mass is 687 g/mol. The van der Waals surface area contributed by atoms with Crippen molar-refractivity contribution in [1.29, 1.82) is 0 Å². The van der Waals surface area contributed by atoms with Gasteiger partial charge < -0.3 is 54.8 Å². The van der Waals surface area contributed by atoms with Crippen molar-refractivity contribution in [2.75, 3.05) is 13.2 Å². The minimum Gasteiger partial charge on any atom is -0.394 e. The number of aliphatic hydroxyl groups excluding tert-OH is 4. The van der Waals surface area contributed by atoms with E-state index in [9.17, 15) is 68.1 Å². The Labute approximate surface area is 239 Å². The average Bonchev–Trinajstić information content (AvgIpc) is 3.13. The highest BCUT2D eigenvalue weighted by Crippen LogP contribution is 2.61. The maximum absolute atomic E-state index is 12.6. The van der Waals surface area contributed by atoms with E-state index in [4.69, 9.17) is 9.47 Å². The van der Waals surface area contributed by atoms with Crippen LogP contribution in [0.5, 0.6) is 0 Å². The van der Waals surface area contributed by atoms with E-state index in [2.05, 4.69) is 17.9 Å². The van der Waals surface area contributed by atoms with Crippen molar-refractivity contribution in [3.8, 4) is 0 Å². The number of hydrogen-bond donors (Lipinski definition) is 10. The minimum absolute atomic E-state index is 0.690. The highest BCUT2D eigenvalue weighted by atomic mass is 31.3. The SMILES string of the molecule is CC(=O)N[C@H]1[C@@H](OP(=O)(O)OP(=O)(O)OC[C@H]2O[C@@H](n3ccc(=O)[nH]c3=O)[C@H](O)[C@@H]2O)O[C@H](CO)[C@@H](O)[C@@H]1OP(=O)(O)O. The first kappa shape index (κ1) is 35.8. The topological polar surface area (TPSA) is 352 Å². The summed E-state index contributed by atoms with van der Waals surface area (Å²) in [5.41, 5.74) is -1.81. The molecule has 0 radical (unpaired) electrons. The molecule has 2 fully saturated rings. The van der Waals surface area contributed by atoms with Gasteiger partial charge in [-0.05, 0) is 0 Å². The van der Waals surface area contributed by atoms with E-state index in [0.717, 1.165) is 19.2 Å². The van der Waals surface area contributed by atoms with Crippen molar-refractivity contribution in [3.05, 3.63) is 33.1 Å². The Bertz CT molecular complexity index is 1410. The molecule has 2 saturated heterocycles. The fraction of sp³-hybridized carbons (Fsp3) is 0.706. The third-order valence-corrected chi connectivity index (χ3v) is 8.91. The molecule has 3 rings (SSSR count). The molecule has 26 heteroatoms. The highest BCUT2D eigenvalue weighted by Gasteiger charge is 2.52. The van der Waals surface area contributed by atoms with E-state index in [0.29, 0.717) is 4.57 Å². The van der Waals surface area contributed by atoms with Crippen LogP contribution in [0.1, 0.15) is 13.2 Å². The van der Waals surface area contributed by atoms with Crippen molar-refractivity contribution < 1.29 is 85.8 Å². The van der Waals surface area contributed by atoms with Crippen molar-refractivity contribution in [1.82, 2.24) is 14.9 Å². The molecule has 0 spiro atoms. The molecular weight excluding hydrogens is 659 g/mol. The molecule has 0 aromatic carbocycles. The zero-order chi connectivity index (χ0) is 32.5. The Kier molecular flexibility index (Phi) is 11.4. The number of aromatic amines is 1. The molecule has 0 aliphatic carbocycles. The van der Waals surface area contributed by atoms with E-state index < -0.39 is 109 Å². The molecule has 0 bridgehead atoms. The number of aliphatic hydroxyl groups is 4. The van der Waals surface area contributed by atoms with Gasteiger partial charge >= 0.3 is 29.2 Å². The van der Waals surface area contributed by atoms with Crippen LogP contribution in [0.15, 0.2) is 21.9 Å². The number of rotatable bonds is 12. The summed E-state index contributed by atoms with van der Waals surface area (Å²) in [6.45, 7) is -1.30. The van der Waals surface area contributed by atoms with Crippen molar-refractivity contribution in [3.63, 3.8) is 0 Å². The quantitative estimate of drug-likeness (QED) is 0.0925. The number of aromatic nitrogens is 2. The Balaban J connectivity index is 1.72. The summed E-state index contributed by atoms with van der Waals surface area (Å²) in [4.78, 5) is 75.3. The summed E-state index contributed by atoms with van der Waals surface area (Å²) in [5, 5.41) is 42.2. The Hall–Kier alpha value is -1.72. The van der Waals surface area contributed by atoms with Gasteiger partial charge in [-0.1, -0.05) is 0 Å². The first-order valence-electron chi connectivity index (χ1n) is 11.7. The first-order valence-corrected chi connectivity index (χ1v) is 16.2. The number of H-pyrrole nitrogens is 1. The molecule has 2 aliphatic heterocycles. The maximum Gasteiger partial charge on any atom is 0.483 e. The van der Waals surface area contributed by atoms with Crippen molar-refractivity contribution >= 4 is 29.4 Å². The number of carbonyl (C=O) groups excluding carboxylic acids is 1. The van der Waals surface area contributed by atoms with Crippen LogP contribution < -0.4 is 16.6 Å². The van der Waals surface area contributed by atoms with Gasteiger partial charge in [0.25, 0.3) is 5.56 Å². The summed E-state index contributed by atoms with van der Waals surface area (Å²) in [6.07, 6.45) is -14.3. The summed E-state index contributed by atoms with van der Waals surface area (Å²) in [5.74, 6) is -0.958. The molecule has 11 atom stereocenters. The van der Waals surface area contributed by atoms with E-state index in [-0.39, 0.29) is 0 Å². The number of phosphoric ester groups is 3. The van der Waals surface area contributed by atoms with Gasteiger partial charge in [0.2, 0.25) is 5.91 Å². The van der Waals surface area contributed by atoms with Crippen LogP contribution in [-0.4, -0.2) is 118 Å². The van der Waals surface area contributed by atoms with Gasteiger partial charge in [-0.3, -0.25) is 32.7 Å². The number of hydrogen-bond acceptors (Lipinski definition) is 16. The van der Waals surface area contributed by atoms with Gasteiger partial charge in [0, 0.05) is 19.2 Å². The summed E-state index contributed by atoms with van der Waals surface area (Å²) in [6, 6.07) is -1.08. The molecule has 43 heavy (non-hydrogen) atoms. The fourth-order valence-electron chi connectivity index (χ4n) is 4.03. The lowest BCUT2D eigenvalue weighted by Gasteiger charge is -2.43. The molecular formula is C17H28N3O20P3. The lowest BCUT2D eigenvalue weighted by atomic mass is 9.97. The second-order valence-corrected chi connectivity index (χ2v) is 13.2. The van der Waals surface area contributed by atoms with Crippen LogP contribution in [-0.2, 0) is 45.8 Å². The highest BCUT2D eigenvalue weighted by molar-refractivity contribution is 7.61. The molecule has 3 heterocycles. The molecule has 1 aromatic rings. The standard InChI is InChI=1S/C17H28N3O20P3/c1-6(22)18-10-14(38-41(28,29)30)12(25)7(4-21)37-16(10)39-43(33,34)40-42(31,32)35-5-8-11(24)13(26)15(36-8)20-3-2-9(23)19-17(20)27/h2-3,7-8,10-16,21,24-26H,4-5H2,1H3,(H,18,22)(H,31,32)(H,33,34)(H,19,23,27)(H2,28,29,30)/t7-,8-,10-,11-,12-,13-,14-,15-,16-/m1/s1. The predicted octanol–water partition coefficient (Wildman–Crippen LogP) is -4.53. The number of ether oxygens (including phenoxy) is 2. The van der Waals surface area contributed by atoms with E-state index in [1.807, 2.05) is 10.3 Å². The minimum atomic E-state index is -5.82. The zero-order valence-electron chi connectivity index (χ0n) is 21.5. The number of nitrogens with zero attached hydrogens (tertiary/aromatic N) is 1. The van der Waals surface area contributed by atoms with Gasteiger partial charge in [-0.25, -0.2) is 18.5 Å². The van der Waals surface area contributed by atoms with Gasteiger partial charge in [-0.2, -0.15) is 4.31 Å². The smallest absolute Gasteiger partial charge is 0.394 e. The summed E-state index contributed by atoms with van der Waals surface area (Å²) in [7, 11) is -16.9. The third kappa shape index (κ3) is 9.39. The predicted molar refractivity (Wildman–Crippen MR) is 131 cm³/mol. The Morgan fingerprint density at radius 3 is 2.21 bits per heavy atom. The lowest BCUT2D eigenvalue weighted by Crippen LogP contribution is -2.64. The van der Waals surface area contributed by atoms with Crippen LogP contribution in [0.2, 0.25) is 0 Å². The normalized spacial score (nSPS) is 34.3. The maximum atomic E-state index is 12.6. The van der Waals surface area contributed by atoms with E-state index >= 15 is 0 Å². The molecule has 10 N–H and O–H groups in total. The van der Waals surface area contributed by atoms with Crippen LogP contribution >= 0.6 is 23.5 Å². The van der Waals surface area contributed by atoms with E-state index in [1.165, 1.54) is 0 Å². The molecule has 2 unspecified atom stereocenters. The molecule has 2 aliphatic rings. The van der Waals surface area contributed by atoms with Gasteiger partial charge in [-0.15, -0.1) is 0 Å². The van der Waals surface area contributed by atoms with Crippen LogP contribution in [0, 0.1) is 0 Å². The van der Waals surface area contributed by atoms with Crippen LogP contribution in [0.25, 0.3) is 0 Å². The molecule has 1 aromatic heterocycles. The third-order valence-electron chi connectivity index (χ3n) is 5.79. The number of phosphoric acid groups is 3. The Morgan fingerprint density at radius 2 is 1.65 bits per heavy atom. The molecule has 23 nitrogen and oxygen atoms in total. The zero-order valence-corrected chi connectivity index (χ0v) is 24.2. The second-order valence-electron chi connectivity index (χ2n) is 8.99. The van der Waals surface area contributed by atoms with E-state index in [1.54, 1.807) is 0 Å². The van der Waals surface area contributed by atoms with Gasteiger partial charge in [0.05, 0.1) is 13.2 Å². The number of nitrogens with one attached hydrogen (secondary N) is 2.